The molecular weight excluding hydrogens is 181 g/mol. The Kier molecular flexibility index (Phi) is 3.87. The molecular formula is C6H16NO4P. The SMILES string of the molecule is CCC(OP(=O)([O-])O)[N+](C)(C)C. The zero-order valence-corrected chi connectivity index (χ0v) is 8.75. The van der Waals surface area contributed by atoms with Gasteiger partial charge in [0, 0.05) is 6.42 Å². The van der Waals surface area contributed by atoms with E-state index in [1.807, 2.05) is 0 Å². The highest BCUT2D eigenvalue weighted by Gasteiger charge is 2.25. The van der Waals surface area contributed by atoms with Crippen LogP contribution in [0.25, 0.3) is 0 Å². The van der Waals surface area contributed by atoms with Crippen molar-refractivity contribution in [1.82, 2.24) is 0 Å². The summed E-state index contributed by atoms with van der Waals surface area (Å²) in [6.45, 7) is 1.80. The summed E-state index contributed by atoms with van der Waals surface area (Å²) in [6.07, 6.45) is -0.00522. The minimum Gasteiger partial charge on any atom is -0.756 e. The summed E-state index contributed by atoms with van der Waals surface area (Å²) in [5.74, 6) is 0. The second-order valence-electron chi connectivity index (χ2n) is 3.55. The average Bonchev–Trinajstić information content (AvgIpc) is 1.78. The minimum atomic E-state index is -4.60. The highest BCUT2D eigenvalue weighted by molar-refractivity contribution is 7.44. The molecule has 0 fully saturated rings. The predicted octanol–water partition coefficient (Wildman–Crippen LogP) is -0.0940. The van der Waals surface area contributed by atoms with Crippen LogP contribution in [-0.4, -0.2) is 36.7 Å². The van der Waals surface area contributed by atoms with Crippen LogP contribution in [0.1, 0.15) is 13.3 Å². The van der Waals surface area contributed by atoms with Crippen LogP contribution in [0.5, 0.6) is 0 Å². The van der Waals surface area contributed by atoms with Crippen molar-refractivity contribution in [1.29, 1.82) is 0 Å². The van der Waals surface area contributed by atoms with Gasteiger partial charge >= 0.3 is 0 Å². The average molecular weight is 197 g/mol. The van der Waals surface area contributed by atoms with Crippen LogP contribution < -0.4 is 4.89 Å². The van der Waals surface area contributed by atoms with Crippen molar-refractivity contribution >= 4 is 7.82 Å². The lowest BCUT2D eigenvalue weighted by molar-refractivity contribution is -0.916. The first-order valence-corrected chi connectivity index (χ1v) is 5.19. The van der Waals surface area contributed by atoms with Crippen LogP contribution in [-0.2, 0) is 9.09 Å². The van der Waals surface area contributed by atoms with E-state index < -0.39 is 14.1 Å². The smallest absolute Gasteiger partial charge is 0.269 e. The van der Waals surface area contributed by atoms with Crippen molar-refractivity contribution in [3.63, 3.8) is 0 Å². The van der Waals surface area contributed by atoms with Crippen molar-refractivity contribution in [2.24, 2.45) is 0 Å². The van der Waals surface area contributed by atoms with Gasteiger partial charge in [0.05, 0.1) is 21.1 Å². The van der Waals surface area contributed by atoms with E-state index in [9.17, 15) is 9.46 Å². The summed E-state index contributed by atoms with van der Waals surface area (Å²) < 4.78 is 15.2. The molecule has 0 amide bonds. The number of phosphoric ester groups is 1. The Morgan fingerprint density at radius 1 is 1.58 bits per heavy atom. The molecule has 6 heteroatoms. The van der Waals surface area contributed by atoms with Crippen LogP contribution >= 0.6 is 7.82 Å². The maximum atomic E-state index is 10.4. The maximum Gasteiger partial charge on any atom is 0.269 e. The second-order valence-corrected chi connectivity index (χ2v) is 4.70. The van der Waals surface area contributed by atoms with Gasteiger partial charge in [0.2, 0.25) is 0 Å². The predicted molar refractivity (Wildman–Crippen MR) is 43.0 cm³/mol. The number of nitrogens with zero attached hydrogens (tertiary/aromatic N) is 1. The molecule has 2 unspecified atom stereocenters. The van der Waals surface area contributed by atoms with E-state index in [1.165, 1.54) is 0 Å². The first-order valence-electron chi connectivity index (χ1n) is 3.70. The maximum absolute atomic E-state index is 10.4. The van der Waals surface area contributed by atoms with Gasteiger partial charge in [-0.05, 0) is 0 Å². The molecule has 0 spiro atoms. The molecule has 0 aliphatic heterocycles. The van der Waals surface area contributed by atoms with Crippen molar-refractivity contribution in [3.05, 3.63) is 0 Å². The summed E-state index contributed by atoms with van der Waals surface area (Å²) >= 11 is 0. The van der Waals surface area contributed by atoms with Crippen LogP contribution in [0.2, 0.25) is 0 Å². The largest absolute Gasteiger partial charge is 0.756 e. The highest BCUT2D eigenvalue weighted by atomic mass is 31.2. The lowest BCUT2D eigenvalue weighted by atomic mass is 10.4. The summed E-state index contributed by atoms with van der Waals surface area (Å²) in [5.41, 5.74) is 0. The van der Waals surface area contributed by atoms with Gasteiger partial charge in [-0.1, -0.05) is 6.92 Å². The monoisotopic (exact) mass is 197 g/mol. The molecule has 0 rings (SSSR count). The van der Waals surface area contributed by atoms with Crippen molar-refractivity contribution in [2.45, 2.75) is 19.6 Å². The van der Waals surface area contributed by atoms with E-state index in [1.54, 1.807) is 28.1 Å². The number of quaternary nitrogens is 1. The lowest BCUT2D eigenvalue weighted by Crippen LogP contribution is -2.46. The third-order valence-corrected chi connectivity index (χ3v) is 1.98. The molecule has 0 aromatic heterocycles. The van der Waals surface area contributed by atoms with Crippen LogP contribution in [0.4, 0.5) is 0 Å². The topological polar surface area (TPSA) is 69.6 Å². The second kappa shape index (κ2) is 3.85. The Labute approximate surface area is 72.8 Å². The first kappa shape index (κ1) is 12.1. The summed E-state index contributed by atoms with van der Waals surface area (Å²) in [7, 11) is 0.786. The van der Waals surface area contributed by atoms with E-state index in [0.717, 1.165) is 0 Å². The molecule has 0 aliphatic rings. The Bertz CT molecular complexity index is 182. The van der Waals surface area contributed by atoms with E-state index in [4.69, 9.17) is 4.89 Å². The molecule has 12 heavy (non-hydrogen) atoms. The standard InChI is InChI=1S/C6H16NO4P/c1-5-6(7(2,3)4)11-12(8,9)10/h6H,5H2,1-4H3,(H-,8,9,10). The first-order chi connectivity index (χ1) is 5.17. The highest BCUT2D eigenvalue weighted by Crippen LogP contribution is 2.34. The Hall–Kier alpha value is 0.0700. The summed E-state index contributed by atoms with van der Waals surface area (Å²) in [4.78, 5) is 18.8. The molecule has 0 saturated heterocycles. The molecule has 5 nitrogen and oxygen atoms in total. The summed E-state index contributed by atoms with van der Waals surface area (Å²) in [6, 6.07) is 0. The molecule has 0 saturated carbocycles. The van der Waals surface area contributed by atoms with Crippen LogP contribution in [0.3, 0.4) is 0 Å². The quantitative estimate of drug-likeness (QED) is 0.388. The Balaban J connectivity index is 4.30. The summed E-state index contributed by atoms with van der Waals surface area (Å²) in [5, 5.41) is 0. The van der Waals surface area contributed by atoms with Gasteiger partial charge in [0.1, 0.15) is 0 Å². The van der Waals surface area contributed by atoms with Gasteiger partial charge in [-0.3, -0.25) is 9.09 Å². The lowest BCUT2D eigenvalue weighted by Gasteiger charge is -2.35. The molecule has 0 aromatic carbocycles. The van der Waals surface area contributed by atoms with Crippen molar-refractivity contribution in [2.75, 3.05) is 21.1 Å². The van der Waals surface area contributed by atoms with Gasteiger partial charge in [-0.25, -0.2) is 0 Å². The molecule has 0 heterocycles. The fourth-order valence-electron chi connectivity index (χ4n) is 0.917. The molecule has 74 valence electrons. The molecule has 0 radical (unpaired) electrons. The molecule has 0 bridgehead atoms. The normalized spacial score (nSPS) is 20.2. The van der Waals surface area contributed by atoms with Gasteiger partial charge in [0.15, 0.2) is 6.23 Å². The molecule has 0 aromatic rings. The van der Waals surface area contributed by atoms with Gasteiger partial charge in [-0.15, -0.1) is 0 Å². The van der Waals surface area contributed by atoms with Crippen molar-refractivity contribution in [3.8, 4) is 0 Å². The third kappa shape index (κ3) is 4.85. The number of hydrogen-bond donors (Lipinski definition) is 1. The van der Waals surface area contributed by atoms with Gasteiger partial charge in [0.25, 0.3) is 7.82 Å². The van der Waals surface area contributed by atoms with E-state index in [0.29, 0.717) is 10.9 Å². The van der Waals surface area contributed by atoms with Crippen LogP contribution in [0, 0.1) is 0 Å². The van der Waals surface area contributed by atoms with Crippen LogP contribution in [0.15, 0.2) is 0 Å². The fourth-order valence-corrected chi connectivity index (χ4v) is 1.66. The Morgan fingerprint density at radius 2 is 2.00 bits per heavy atom. The number of rotatable bonds is 4. The van der Waals surface area contributed by atoms with E-state index in [2.05, 4.69) is 4.52 Å². The van der Waals surface area contributed by atoms with E-state index in [-0.39, 0.29) is 0 Å². The Morgan fingerprint density at radius 3 is 2.08 bits per heavy atom. The third-order valence-electron chi connectivity index (χ3n) is 1.47. The minimum absolute atomic E-state index is 0.337. The van der Waals surface area contributed by atoms with Gasteiger partial charge in [-0.2, -0.15) is 0 Å². The van der Waals surface area contributed by atoms with Gasteiger partial charge < -0.3 is 14.3 Å². The molecule has 2 atom stereocenters. The van der Waals surface area contributed by atoms with E-state index >= 15 is 0 Å². The fraction of sp³-hybridized carbons (Fsp3) is 1.00. The zero-order valence-electron chi connectivity index (χ0n) is 7.85. The molecule has 0 aliphatic carbocycles. The number of phosphoric acid groups is 1. The van der Waals surface area contributed by atoms with Crippen molar-refractivity contribution < 1.29 is 23.4 Å². The zero-order chi connectivity index (χ0) is 9.99. The molecule has 1 N–H and O–H groups in total. The number of hydrogen-bond acceptors (Lipinski definition) is 3.